The maximum atomic E-state index is 12.7. The Labute approximate surface area is 302 Å². The second-order valence-electron chi connectivity index (χ2n) is 12.9. The SMILES string of the molecule is CC#N.COc1nc2c(c(N3CCN(C(=O)/C=C/c4nc(C)no4)CC3)n1)CCN(c1cccc3cccc(Cl)c13)C2.FC1CC2CCCN2C1. The summed E-state index contributed by atoms with van der Waals surface area (Å²) < 4.78 is 23.1. The van der Waals surface area contributed by atoms with Gasteiger partial charge in [-0.1, -0.05) is 41.0 Å². The molecule has 0 spiro atoms. The number of hydrogen-bond donors (Lipinski definition) is 0. The number of rotatable bonds is 5. The molecule has 3 saturated heterocycles. The predicted molar refractivity (Wildman–Crippen MR) is 195 cm³/mol. The molecule has 0 aliphatic carbocycles. The Hall–Kier alpha value is -4.80. The zero-order chi connectivity index (χ0) is 35.9. The zero-order valence-electron chi connectivity index (χ0n) is 29.3. The Bertz CT molecular complexity index is 1890. The van der Waals surface area contributed by atoms with Gasteiger partial charge >= 0.3 is 6.01 Å². The number of piperazine rings is 1. The summed E-state index contributed by atoms with van der Waals surface area (Å²) in [6.07, 6.45) is 6.63. The highest BCUT2D eigenvalue weighted by atomic mass is 35.5. The molecular weight excluding hydrogens is 673 g/mol. The maximum absolute atomic E-state index is 12.7. The fraction of sp³-hybridized carbons (Fsp3) is 0.459. The number of aromatic nitrogens is 4. The first-order valence-electron chi connectivity index (χ1n) is 17.3. The average molecular weight is 716 g/mol. The monoisotopic (exact) mass is 715 g/mol. The first-order valence-corrected chi connectivity index (χ1v) is 17.7. The fourth-order valence-electron chi connectivity index (χ4n) is 7.28. The van der Waals surface area contributed by atoms with Gasteiger partial charge in [0.15, 0.2) is 5.82 Å². The summed E-state index contributed by atoms with van der Waals surface area (Å²) in [6, 6.07) is 15.0. The van der Waals surface area contributed by atoms with Gasteiger partial charge in [0.25, 0.3) is 5.89 Å². The molecule has 2 atom stereocenters. The minimum atomic E-state index is -0.518. The van der Waals surface area contributed by atoms with Gasteiger partial charge in [0, 0.05) is 81.0 Å². The van der Waals surface area contributed by atoms with Gasteiger partial charge in [-0.25, -0.2) is 4.39 Å². The van der Waals surface area contributed by atoms with E-state index in [0.29, 0.717) is 63.0 Å². The van der Waals surface area contributed by atoms with Crippen molar-refractivity contribution in [2.45, 2.75) is 58.3 Å². The van der Waals surface area contributed by atoms with Crippen LogP contribution in [0.3, 0.4) is 0 Å². The Morgan fingerprint density at radius 2 is 1.84 bits per heavy atom. The molecule has 0 bridgehead atoms. The lowest BCUT2D eigenvalue weighted by Crippen LogP contribution is -2.49. The molecular formula is C37H43ClFN9O3. The number of aryl methyl sites for hydroxylation is 1. The van der Waals surface area contributed by atoms with E-state index in [1.54, 1.807) is 26.2 Å². The van der Waals surface area contributed by atoms with Crippen molar-refractivity contribution < 1.29 is 18.4 Å². The fourth-order valence-corrected chi connectivity index (χ4v) is 7.56. The van der Waals surface area contributed by atoms with Crippen molar-refractivity contribution >= 4 is 45.9 Å². The van der Waals surface area contributed by atoms with Gasteiger partial charge in [-0.3, -0.25) is 9.69 Å². The molecule has 3 fully saturated rings. The number of fused-ring (bicyclic) bond motifs is 3. The van der Waals surface area contributed by atoms with Gasteiger partial charge in [0.1, 0.15) is 12.0 Å². The molecule has 268 valence electrons. The molecule has 14 heteroatoms. The summed E-state index contributed by atoms with van der Waals surface area (Å²) in [7, 11) is 1.59. The van der Waals surface area contributed by atoms with Gasteiger partial charge < -0.3 is 24.0 Å². The van der Waals surface area contributed by atoms with Gasteiger partial charge in [0.2, 0.25) is 5.91 Å². The summed E-state index contributed by atoms with van der Waals surface area (Å²) in [5.41, 5.74) is 3.17. The van der Waals surface area contributed by atoms with Crippen molar-refractivity contribution in [2.24, 2.45) is 0 Å². The third-order valence-electron chi connectivity index (χ3n) is 9.64. The molecule has 0 radical (unpaired) electrons. The van der Waals surface area contributed by atoms with E-state index in [4.69, 9.17) is 36.1 Å². The summed E-state index contributed by atoms with van der Waals surface area (Å²) in [6.45, 7) is 8.95. The van der Waals surface area contributed by atoms with Crippen molar-refractivity contribution in [1.82, 2.24) is 29.9 Å². The molecule has 0 saturated carbocycles. The van der Waals surface area contributed by atoms with Crippen LogP contribution in [0.25, 0.3) is 16.8 Å². The number of nitriles is 1. The summed E-state index contributed by atoms with van der Waals surface area (Å²) in [5.74, 6) is 1.65. The highest BCUT2D eigenvalue weighted by molar-refractivity contribution is 6.36. The second kappa shape index (κ2) is 16.5. The van der Waals surface area contributed by atoms with Crippen LogP contribution < -0.4 is 14.5 Å². The van der Waals surface area contributed by atoms with Crippen LogP contribution in [-0.4, -0.2) is 101 Å². The number of carbonyl (C=O) groups is 1. The van der Waals surface area contributed by atoms with Gasteiger partial charge in [-0.05, 0) is 56.7 Å². The van der Waals surface area contributed by atoms with Gasteiger partial charge in [-0.2, -0.15) is 20.2 Å². The van der Waals surface area contributed by atoms with Crippen molar-refractivity contribution in [3.05, 3.63) is 70.5 Å². The molecule has 2 unspecified atom stereocenters. The van der Waals surface area contributed by atoms with Crippen LogP contribution in [0, 0.1) is 18.3 Å². The number of ether oxygens (including phenoxy) is 1. The number of anilines is 2. The van der Waals surface area contributed by atoms with Crippen LogP contribution in [0.15, 0.2) is 47.0 Å². The van der Waals surface area contributed by atoms with E-state index in [1.165, 1.54) is 25.8 Å². The van der Waals surface area contributed by atoms with E-state index in [0.717, 1.165) is 64.5 Å². The Kier molecular flexibility index (Phi) is 11.6. The molecule has 8 rings (SSSR count). The topological polar surface area (TPSA) is 128 Å². The number of amides is 1. The van der Waals surface area contributed by atoms with Gasteiger partial charge in [-0.15, -0.1) is 0 Å². The van der Waals surface area contributed by atoms with E-state index in [-0.39, 0.29) is 5.91 Å². The molecule has 4 aromatic rings. The number of halogens is 2. The molecule has 51 heavy (non-hydrogen) atoms. The number of alkyl halides is 1. The Balaban J connectivity index is 0.000000316. The van der Waals surface area contributed by atoms with Crippen LogP contribution in [0.5, 0.6) is 6.01 Å². The number of methoxy groups -OCH3 is 1. The summed E-state index contributed by atoms with van der Waals surface area (Å²) >= 11 is 6.62. The molecule has 2 aromatic carbocycles. The van der Waals surface area contributed by atoms with E-state index in [9.17, 15) is 9.18 Å². The van der Waals surface area contributed by atoms with Crippen molar-refractivity contribution in [1.29, 1.82) is 5.26 Å². The Morgan fingerprint density at radius 1 is 1.08 bits per heavy atom. The molecule has 2 aromatic heterocycles. The minimum Gasteiger partial charge on any atom is -0.467 e. The largest absolute Gasteiger partial charge is 0.467 e. The summed E-state index contributed by atoms with van der Waals surface area (Å²) in [4.78, 5) is 34.9. The third-order valence-corrected chi connectivity index (χ3v) is 9.96. The zero-order valence-corrected chi connectivity index (χ0v) is 30.0. The normalized spacial score (nSPS) is 19.9. The number of nitrogens with zero attached hydrogens (tertiary/aromatic N) is 9. The molecule has 12 nitrogen and oxygen atoms in total. The van der Waals surface area contributed by atoms with E-state index in [2.05, 4.69) is 49.1 Å². The van der Waals surface area contributed by atoms with Crippen molar-refractivity contribution in [3.63, 3.8) is 0 Å². The van der Waals surface area contributed by atoms with Crippen LogP contribution in [-0.2, 0) is 17.8 Å². The van der Waals surface area contributed by atoms with Crippen molar-refractivity contribution in [3.8, 4) is 12.1 Å². The van der Waals surface area contributed by atoms with E-state index >= 15 is 0 Å². The standard InChI is InChI=1S/C28H28ClN7O3.C7H12FN.C2H3N/c1-18-30-24(39-33-18)9-10-25(37)34-13-15-35(16-14-34)27-20-11-12-36(17-22(20)31-28(32-27)38-2)23-8-4-6-19-5-3-7-21(29)26(19)23;8-6-4-7-2-1-3-9(7)5-6;1-2-3/h3-10H,11-17H2,1-2H3;6-7H,1-5H2;1H3/b10-9+;;. The van der Waals surface area contributed by atoms with Crippen LogP contribution in [0.1, 0.15) is 49.2 Å². The summed E-state index contributed by atoms with van der Waals surface area (Å²) in [5, 5.41) is 14.0. The van der Waals surface area contributed by atoms with Crippen LogP contribution >= 0.6 is 11.6 Å². The lowest BCUT2D eigenvalue weighted by Gasteiger charge is -2.38. The van der Waals surface area contributed by atoms with Crippen LogP contribution in [0.4, 0.5) is 15.9 Å². The first-order chi connectivity index (χ1) is 24.8. The maximum Gasteiger partial charge on any atom is 0.318 e. The van der Waals surface area contributed by atoms with Crippen molar-refractivity contribution in [2.75, 3.05) is 62.7 Å². The average Bonchev–Trinajstić information content (AvgIpc) is 3.87. The highest BCUT2D eigenvalue weighted by Crippen LogP contribution is 2.37. The molecule has 4 aliphatic heterocycles. The molecule has 6 heterocycles. The molecule has 4 aliphatic rings. The first kappa shape index (κ1) is 36.0. The van der Waals surface area contributed by atoms with E-state index < -0.39 is 6.17 Å². The molecule has 0 N–H and O–H groups in total. The highest BCUT2D eigenvalue weighted by Gasteiger charge is 2.35. The lowest BCUT2D eigenvalue weighted by molar-refractivity contribution is -0.126. The van der Waals surface area contributed by atoms with Crippen LogP contribution in [0.2, 0.25) is 5.02 Å². The third kappa shape index (κ3) is 8.40. The number of hydrogen-bond acceptors (Lipinski definition) is 11. The number of carbonyl (C=O) groups excluding carboxylic acids is 1. The lowest BCUT2D eigenvalue weighted by atomic mass is 10.0. The second-order valence-corrected chi connectivity index (χ2v) is 13.3. The molecule has 1 amide bonds. The van der Waals surface area contributed by atoms with Gasteiger partial charge in [0.05, 0.1) is 30.4 Å². The Morgan fingerprint density at radius 3 is 2.55 bits per heavy atom. The smallest absolute Gasteiger partial charge is 0.318 e. The minimum absolute atomic E-state index is 0.0859. The number of benzene rings is 2. The predicted octanol–water partition coefficient (Wildman–Crippen LogP) is 5.63. The van der Waals surface area contributed by atoms with E-state index in [1.807, 2.05) is 17.0 Å². The quantitative estimate of drug-likeness (QED) is 0.239.